The van der Waals surface area contributed by atoms with Crippen molar-refractivity contribution in [2.45, 2.75) is 37.6 Å². The molecule has 1 N–H and O–H groups in total. The van der Waals surface area contributed by atoms with Gasteiger partial charge in [0, 0.05) is 5.54 Å². The van der Waals surface area contributed by atoms with Crippen LogP contribution in [0.2, 0.25) is 0 Å². The van der Waals surface area contributed by atoms with Crippen LogP contribution in [0.25, 0.3) is 0 Å². The molecule has 0 heterocycles. The number of nitrogens with one attached hydrogen (secondary N) is 1. The van der Waals surface area contributed by atoms with Gasteiger partial charge in [-0.2, -0.15) is 0 Å². The molecule has 3 heteroatoms. The third kappa shape index (κ3) is 1.97. The Morgan fingerprint density at radius 3 is 2.50 bits per heavy atom. The summed E-state index contributed by atoms with van der Waals surface area (Å²) in [7, 11) is 3.37. The summed E-state index contributed by atoms with van der Waals surface area (Å²) in [6, 6.07) is 0. The minimum absolute atomic E-state index is 0.0348. The van der Waals surface area contributed by atoms with Crippen LogP contribution >= 0.6 is 0 Å². The van der Waals surface area contributed by atoms with Gasteiger partial charge in [0.2, 0.25) is 0 Å². The highest BCUT2D eigenvalue weighted by Gasteiger charge is 2.34. The molecule has 0 aromatic carbocycles. The Morgan fingerprint density at radius 1 is 1.50 bits per heavy atom. The lowest BCUT2D eigenvalue weighted by atomic mass is 9.94. The molecule has 0 saturated heterocycles. The first kappa shape index (κ1) is 9.52. The van der Waals surface area contributed by atoms with Crippen LogP contribution in [0.15, 0.2) is 0 Å². The van der Waals surface area contributed by atoms with Crippen molar-refractivity contribution < 1.29 is 9.53 Å². The molecule has 1 saturated carbocycles. The minimum Gasteiger partial charge on any atom is -0.469 e. The van der Waals surface area contributed by atoms with Gasteiger partial charge in [-0.3, -0.25) is 4.79 Å². The highest BCUT2D eigenvalue weighted by atomic mass is 16.5. The van der Waals surface area contributed by atoms with Gasteiger partial charge in [0.25, 0.3) is 0 Å². The van der Waals surface area contributed by atoms with Crippen LogP contribution in [0.1, 0.15) is 32.1 Å². The number of esters is 1. The van der Waals surface area contributed by atoms with Crippen LogP contribution < -0.4 is 5.32 Å². The highest BCUT2D eigenvalue weighted by molar-refractivity contribution is 5.70. The van der Waals surface area contributed by atoms with Crippen molar-refractivity contribution in [3.05, 3.63) is 0 Å². The first-order valence-corrected chi connectivity index (χ1v) is 4.48. The first-order chi connectivity index (χ1) is 5.72. The van der Waals surface area contributed by atoms with Crippen molar-refractivity contribution in [3.8, 4) is 0 Å². The molecule has 1 rings (SSSR count). The molecule has 0 aliphatic heterocycles. The molecule has 0 aromatic heterocycles. The predicted octanol–water partition coefficient (Wildman–Crippen LogP) is 1.08. The van der Waals surface area contributed by atoms with Crippen molar-refractivity contribution in [2.75, 3.05) is 14.2 Å². The Labute approximate surface area is 73.5 Å². The Morgan fingerprint density at radius 2 is 2.08 bits per heavy atom. The summed E-state index contributed by atoms with van der Waals surface area (Å²) in [6.45, 7) is 0. The zero-order valence-corrected chi connectivity index (χ0v) is 7.85. The average Bonchev–Trinajstić information content (AvgIpc) is 2.54. The molecule has 0 unspecified atom stereocenters. The molecule has 0 amide bonds. The van der Waals surface area contributed by atoms with E-state index in [-0.39, 0.29) is 11.5 Å². The van der Waals surface area contributed by atoms with Gasteiger partial charge in [-0.25, -0.2) is 0 Å². The Hall–Kier alpha value is -0.570. The SMILES string of the molecule is CNC1(CC(=O)OC)CCCC1. The number of hydrogen-bond donors (Lipinski definition) is 1. The van der Waals surface area contributed by atoms with E-state index in [1.165, 1.54) is 20.0 Å². The van der Waals surface area contributed by atoms with Crippen LogP contribution in [0.4, 0.5) is 0 Å². The van der Waals surface area contributed by atoms with E-state index in [4.69, 9.17) is 0 Å². The van der Waals surface area contributed by atoms with E-state index in [1.807, 2.05) is 7.05 Å². The van der Waals surface area contributed by atoms with Gasteiger partial charge in [0.15, 0.2) is 0 Å². The molecular weight excluding hydrogens is 154 g/mol. The monoisotopic (exact) mass is 171 g/mol. The van der Waals surface area contributed by atoms with Crippen molar-refractivity contribution in [2.24, 2.45) is 0 Å². The van der Waals surface area contributed by atoms with Crippen LogP contribution in [0.3, 0.4) is 0 Å². The lowest BCUT2D eigenvalue weighted by Gasteiger charge is -2.26. The van der Waals surface area contributed by atoms with E-state index in [1.54, 1.807) is 0 Å². The number of methoxy groups -OCH3 is 1. The molecule has 3 nitrogen and oxygen atoms in total. The Bertz CT molecular complexity index is 162. The average molecular weight is 171 g/mol. The van der Waals surface area contributed by atoms with Gasteiger partial charge < -0.3 is 10.1 Å². The standard InChI is InChI=1S/C9H17NO2/c1-10-9(5-3-4-6-9)7-8(11)12-2/h10H,3-7H2,1-2H3. The van der Waals surface area contributed by atoms with Crippen LogP contribution in [0, 0.1) is 0 Å². The maximum atomic E-state index is 11.1. The fourth-order valence-corrected chi connectivity index (χ4v) is 1.92. The molecule has 70 valence electrons. The number of rotatable bonds is 3. The summed E-state index contributed by atoms with van der Waals surface area (Å²) in [5.41, 5.74) is 0.0348. The van der Waals surface area contributed by atoms with Gasteiger partial charge in [0.05, 0.1) is 13.5 Å². The van der Waals surface area contributed by atoms with E-state index >= 15 is 0 Å². The fraction of sp³-hybridized carbons (Fsp3) is 0.889. The lowest BCUT2D eigenvalue weighted by molar-refractivity contribution is -0.142. The van der Waals surface area contributed by atoms with Crippen LogP contribution in [0.5, 0.6) is 0 Å². The molecule has 1 aliphatic carbocycles. The number of carbonyl (C=O) groups is 1. The second kappa shape index (κ2) is 3.90. The summed E-state index contributed by atoms with van der Waals surface area (Å²) in [5.74, 6) is -0.105. The number of carbonyl (C=O) groups excluding carboxylic acids is 1. The summed E-state index contributed by atoms with van der Waals surface area (Å²) >= 11 is 0. The molecule has 1 fully saturated rings. The van der Waals surface area contributed by atoms with Crippen LogP contribution in [-0.2, 0) is 9.53 Å². The predicted molar refractivity (Wildman–Crippen MR) is 46.9 cm³/mol. The van der Waals surface area contributed by atoms with E-state index in [0.29, 0.717) is 6.42 Å². The number of ether oxygens (including phenoxy) is 1. The highest BCUT2D eigenvalue weighted by Crippen LogP contribution is 2.32. The Kier molecular flexibility index (Phi) is 3.09. The van der Waals surface area contributed by atoms with Crippen molar-refractivity contribution in [1.82, 2.24) is 5.32 Å². The maximum Gasteiger partial charge on any atom is 0.307 e. The third-order valence-electron chi connectivity index (χ3n) is 2.80. The first-order valence-electron chi connectivity index (χ1n) is 4.48. The van der Waals surface area contributed by atoms with E-state index in [0.717, 1.165) is 12.8 Å². The second-order valence-electron chi connectivity index (χ2n) is 3.49. The minimum atomic E-state index is -0.105. The van der Waals surface area contributed by atoms with Crippen molar-refractivity contribution in [3.63, 3.8) is 0 Å². The quantitative estimate of drug-likeness (QED) is 0.646. The van der Waals surface area contributed by atoms with E-state index in [2.05, 4.69) is 10.1 Å². The summed E-state index contributed by atoms with van der Waals surface area (Å²) in [5, 5.41) is 3.24. The van der Waals surface area contributed by atoms with E-state index < -0.39 is 0 Å². The van der Waals surface area contributed by atoms with Gasteiger partial charge in [-0.1, -0.05) is 12.8 Å². The molecule has 1 aliphatic rings. The molecule has 0 spiro atoms. The second-order valence-corrected chi connectivity index (χ2v) is 3.49. The van der Waals surface area contributed by atoms with Crippen molar-refractivity contribution >= 4 is 5.97 Å². The smallest absolute Gasteiger partial charge is 0.307 e. The largest absolute Gasteiger partial charge is 0.469 e. The van der Waals surface area contributed by atoms with Crippen molar-refractivity contribution in [1.29, 1.82) is 0 Å². The zero-order valence-electron chi connectivity index (χ0n) is 7.85. The Balaban J connectivity index is 2.49. The number of hydrogen-bond acceptors (Lipinski definition) is 3. The van der Waals surface area contributed by atoms with E-state index in [9.17, 15) is 4.79 Å². The normalized spacial score (nSPS) is 20.8. The maximum absolute atomic E-state index is 11.1. The van der Waals surface area contributed by atoms with Gasteiger partial charge in [-0.15, -0.1) is 0 Å². The molecule has 0 radical (unpaired) electrons. The summed E-state index contributed by atoms with van der Waals surface area (Å²) in [4.78, 5) is 11.1. The topological polar surface area (TPSA) is 38.3 Å². The third-order valence-corrected chi connectivity index (χ3v) is 2.80. The molecule has 0 aromatic rings. The zero-order chi connectivity index (χ0) is 9.03. The molecule has 12 heavy (non-hydrogen) atoms. The van der Waals surface area contributed by atoms with Gasteiger partial charge in [-0.05, 0) is 19.9 Å². The van der Waals surface area contributed by atoms with Gasteiger partial charge in [0.1, 0.15) is 0 Å². The molecular formula is C9H17NO2. The van der Waals surface area contributed by atoms with Crippen LogP contribution in [-0.4, -0.2) is 25.7 Å². The summed E-state index contributed by atoms with van der Waals surface area (Å²) in [6.07, 6.45) is 5.15. The van der Waals surface area contributed by atoms with Gasteiger partial charge >= 0.3 is 5.97 Å². The fourth-order valence-electron chi connectivity index (χ4n) is 1.92. The molecule has 0 bridgehead atoms. The molecule has 0 atom stereocenters. The summed E-state index contributed by atoms with van der Waals surface area (Å²) < 4.78 is 4.66. The lowest BCUT2D eigenvalue weighted by Crippen LogP contribution is -2.42.